The maximum atomic E-state index is 12.6. The molecule has 1 amide bonds. The number of anilines is 1. The standard InChI is InChI=1S/C29H22ClIN2O3/c1-18-7-8-20-5-3-4-6-24(20)25(18)17-36-28-26(31)14-19(15-27(28)35-2)13-21(16-32)29(34)33-23-11-9-22(30)10-12-23/h3-15H,17H2,1-2H3,(H,33,34)/b21-13+. The predicted octanol–water partition coefficient (Wildman–Crippen LogP) is 7.54. The lowest BCUT2D eigenvalue weighted by molar-refractivity contribution is -0.112. The van der Waals surface area contributed by atoms with Gasteiger partial charge in [-0.05, 0) is 93.9 Å². The number of benzene rings is 4. The van der Waals surface area contributed by atoms with Gasteiger partial charge in [0.1, 0.15) is 18.2 Å². The van der Waals surface area contributed by atoms with Crippen molar-refractivity contribution in [3.8, 4) is 17.6 Å². The van der Waals surface area contributed by atoms with E-state index in [0.717, 1.165) is 25.5 Å². The largest absolute Gasteiger partial charge is 0.493 e. The van der Waals surface area contributed by atoms with Crippen molar-refractivity contribution < 1.29 is 14.3 Å². The second-order valence-electron chi connectivity index (χ2n) is 8.04. The van der Waals surface area contributed by atoms with E-state index in [1.165, 1.54) is 6.08 Å². The van der Waals surface area contributed by atoms with Gasteiger partial charge in [0.05, 0.1) is 10.7 Å². The van der Waals surface area contributed by atoms with Crippen LogP contribution in [0.25, 0.3) is 16.8 Å². The molecular weight excluding hydrogens is 587 g/mol. The van der Waals surface area contributed by atoms with Gasteiger partial charge in [0.15, 0.2) is 11.5 Å². The Morgan fingerprint density at radius 3 is 2.58 bits per heavy atom. The van der Waals surface area contributed by atoms with Crippen LogP contribution in [-0.4, -0.2) is 13.0 Å². The highest BCUT2D eigenvalue weighted by Gasteiger charge is 2.15. The summed E-state index contributed by atoms with van der Waals surface area (Å²) in [4.78, 5) is 12.6. The van der Waals surface area contributed by atoms with Gasteiger partial charge < -0.3 is 14.8 Å². The van der Waals surface area contributed by atoms with E-state index in [-0.39, 0.29) is 5.57 Å². The number of rotatable bonds is 7. The van der Waals surface area contributed by atoms with Crippen LogP contribution in [0, 0.1) is 21.8 Å². The molecule has 0 aromatic heterocycles. The van der Waals surface area contributed by atoms with Crippen molar-refractivity contribution >= 4 is 62.6 Å². The molecule has 4 aromatic rings. The van der Waals surface area contributed by atoms with Crippen LogP contribution in [-0.2, 0) is 11.4 Å². The Kier molecular flexibility index (Phi) is 8.14. The number of nitriles is 1. The average Bonchev–Trinajstić information content (AvgIpc) is 2.88. The van der Waals surface area contributed by atoms with E-state index in [4.69, 9.17) is 21.1 Å². The van der Waals surface area contributed by atoms with Gasteiger partial charge in [0.2, 0.25) is 0 Å². The molecule has 7 heteroatoms. The summed E-state index contributed by atoms with van der Waals surface area (Å²) in [6, 6.07) is 24.7. The lowest BCUT2D eigenvalue weighted by Crippen LogP contribution is -2.13. The molecule has 0 heterocycles. The molecule has 0 fully saturated rings. The minimum atomic E-state index is -0.513. The molecule has 5 nitrogen and oxygen atoms in total. The second-order valence-corrected chi connectivity index (χ2v) is 9.63. The molecule has 4 aromatic carbocycles. The molecular formula is C29H22ClIN2O3. The molecule has 36 heavy (non-hydrogen) atoms. The number of nitrogens with zero attached hydrogens (tertiary/aromatic N) is 1. The number of halogens is 2. The number of nitrogens with one attached hydrogen (secondary N) is 1. The van der Waals surface area contributed by atoms with Gasteiger partial charge in [-0.1, -0.05) is 48.0 Å². The van der Waals surface area contributed by atoms with Crippen LogP contribution in [0.2, 0.25) is 5.02 Å². The zero-order valence-electron chi connectivity index (χ0n) is 19.6. The molecule has 0 unspecified atom stereocenters. The third-order valence-electron chi connectivity index (χ3n) is 5.67. The lowest BCUT2D eigenvalue weighted by Gasteiger charge is -2.16. The lowest BCUT2D eigenvalue weighted by atomic mass is 10.0. The van der Waals surface area contributed by atoms with Gasteiger partial charge in [-0.2, -0.15) is 5.26 Å². The van der Waals surface area contributed by atoms with Gasteiger partial charge in [-0.25, -0.2) is 0 Å². The van der Waals surface area contributed by atoms with Gasteiger partial charge in [-0.15, -0.1) is 0 Å². The topological polar surface area (TPSA) is 71.3 Å². The number of ether oxygens (including phenoxy) is 2. The van der Waals surface area contributed by atoms with E-state index in [1.54, 1.807) is 37.4 Å². The fraction of sp³-hybridized carbons (Fsp3) is 0.103. The van der Waals surface area contributed by atoms with Crippen molar-refractivity contribution in [2.24, 2.45) is 0 Å². The minimum absolute atomic E-state index is 0.0390. The van der Waals surface area contributed by atoms with Crippen molar-refractivity contribution in [1.29, 1.82) is 5.26 Å². The van der Waals surface area contributed by atoms with Crippen LogP contribution in [0.5, 0.6) is 11.5 Å². The quantitative estimate of drug-likeness (QED) is 0.134. The molecule has 1 N–H and O–H groups in total. The molecule has 0 radical (unpaired) electrons. The molecule has 0 aliphatic carbocycles. The number of fused-ring (bicyclic) bond motifs is 1. The first kappa shape index (κ1) is 25.5. The summed E-state index contributed by atoms with van der Waals surface area (Å²) in [5.74, 6) is 0.605. The van der Waals surface area contributed by atoms with Crippen molar-refractivity contribution in [1.82, 2.24) is 0 Å². The van der Waals surface area contributed by atoms with E-state index in [0.29, 0.717) is 34.4 Å². The molecule has 0 saturated carbocycles. The first-order valence-corrected chi connectivity index (χ1v) is 12.5. The van der Waals surface area contributed by atoms with Crippen LogP contribution in [0.1, 0.15) is 16.7 Å². The Morgan fingerprint density at radius 2 is 1.86 bits per heavy atom. The average molecular weight is 609 g/mol. The van der Waals surface area contributed by atoms with Crippen molar-refractivity contribution in [2.45, 2.75) is 13.5 Å². The number of amides is 1. The monoisotopic (exact) mass is 608 g/mol. The molecule has 0 atom stereocenters. The number of hydrogen-bond donors (Lipinski definition) is 1. The maximum Gasteiger partial charge on any atom is 0.266 e. The molecule has 180 valence electrons. The molecule has 0 bridgehead atoms. The van der Waals surface area contributed by atoms with Gasteiger partial charge in [-0.3, -0.25) is 4.79 Å². The first-order valence-electron chi connectivity index (χ1n) is 11.1. The number of aryl methyl sites for hydroxylation is 1. The van der Waals surface area contributed by atoms with E-state index in [1.807, 2.05) is 24.3 Å². The SMILES string of the molecule is COc1cc(/C=C(\C#N)C(=O)Nc2ccc(Cl)cc2)cc(I)c1OCc1c(C)ccc2ccccc12. The summed E-state index contributed by atoms with van der Waals surface area (Å²) < 4.78 is 12.6. The van der Waals surface area contributed by atoms with Crippen molar-refractivity contribution in [2.75, 3.05) is 12.4 Å². The summed E-state index contributed by atoms with van der Waals surface area (Å²) in [5, 5.41) is 15.2. The minimum Gasteiger partial charge on any atom is -0.493 e. The summed E-state index contributed by atoms with van der Waals surface area (Å²) >= 11 is 8.06. The highest BCUT2D eigenvalue weighted by Crippen LogP contribution is 2.36. The van der Waals surface area contributed by atoms with Gasteiger partial charge in [0, 0.05) is 16.3 Å². The zero-order valence-corrected chi connectivity index (χ0v) is 22.6. The van der Waals surface area contributed by atoms with Crippen molar-refractivity contribution in [3.63, 3.8) is 0 Å². The van der Waals surface area contributed by atoms with Crippen LogP contribution < -0.4 is 14.8 Å². The first-order chi connectivity index (χ1) is 17.4. The van der Waals surface area contributed by atoms with Crippen LogP contribution in [0.3, 0.4) is 0 Å². The van der Waals surface area contributed by atoms with E-state index >= 15 is 0 Å². The fourth-order valence-corrected chi connectivity index (χ4v) is 4.70. The van der Waals surface area contributed by atoms with E-state index in [2.05, 4.69) is 59.1 Å². The van der Waals surface area contributed by atoms with Crippen LogP contribution in [0.4, 0.5) is 5.69 Å². The second kappa shape index (κ2) is 11.5. The summed E-state index contributed by atoms with van der Waals surface area (Å²) in [7, 11) is 1.56. The van der Waals surface area contributed by atoms with E-state index < -0.39 is 5.91 Å². The molecule has 0 aliphatic rings. The zero-order chi connectivity index (χ0) is 25.7. The Labute approximate surface area is 228 Å². The molecule has 0 aliphatic heterocycles. The third kappa shape index (κ3) is 5.81. The highest BCUT2D eigenvalue weighted by atomic mass is 127. The summed E-state index contributed by atoms with van der Waals surface area (Å²) in [6.45, 7) is 2.45. The van der Waals surface area contributed by atoms with E-state index in [9.17, 15) is 10.1 Å². The number of carbonyl (C=O) groups excluding carboxylic acids is 1. The Morgan fingerprint density at radius 1 is 1.11 bits per heavy atom. The highest BCUT2D eigenvalue weighted by molar-refractivity contribution is 14.1. The summed E-state index contributed by atoms with van der Waals surface area (Å²) in [5.41, 5.74) is 3.41. The predicted molar refractivity (Wildman–Crippen MR) is 152 cm³/mol. The van der Waals surface area contributed by atoms with Gasteiger partial charge in [0.25, 0.3) is 5.91 Å². The number of carbonyl (C=O) groups is 1. The van der Waals surface area contributed by atoms with Crippen molar-refractivity contribution in [3.05, 3.63) is 104 Å². The van der Waals surface area contributed by atoms with Gasteiger partial charge >= 0.3 is 0 Å². The normalized spacial score (nSPS) is 11.1. The Balaban J connectivity index is 1.58. The fourth-order valence-electron chi connectivity index (χ4n) is 3.79. The maximum absolute atomic E-state index is 12.6. The third-order valence-corrected chi connectivity index (χ3v) is 6.72. The number of hydrogen-bond acceptors (Lipinski definition) is 4. The summed E-state index contributed by atoms with van der Waals surface area (Å²) in [6.07, 6.45) is 1.52. The smallest absolute Gasteiger partial charge is 0.266 e. The Hall–Kier alpha value is -3.54. The van der Waals surface area contributed by atoms with Crippen LogP contribution in [0.15, 0.2) is 78.4 Å². The molecule has 0 saturated heterocycles. The van der Waals surface area contributed by atoms with Crippen LogP contribution >= 0.6 is 34.2 Å². The Bertz CT molecular complexity index is 1510. The molecule has 0 spiro atoms. The number of methoxy groups -OCH3 is 1. The molecule has 4 rings (SSSR count).